The Kier molecular flexibility index (Phi) is 4.42. The summed E-state index contributed by atoms with van der Waals surface area (Å²) in [5.74, 6) is 0.107. The molecule has 1 aliphatic heterocycles. The van der Waals surface area contributed by atoms with Crippen molar-refractivity contribution in [3.63, 3.8) is 0 Å². The average Bonchev–Trinajstić information content (AvgIpc) is 3.26. The van der Waals surface area contributed by atoms with Gasteiger partial charge in [-0.3, -0.25) is 10.9 Å². The lowest BCUT2D eigenvalue weighted by Gasteiger charge is -2.22. The van der Waals surface area contributed by atoms with E-state index in [1.54, 1.807) is 11.9 Å². The maximum Gasteiger partial charge on any atom is 0.409 e. The van der Waals surface area contributed by atoms with Crippen molar-refractivity contribution >= 4 is 6.09 Å². The highest BCUT2D eigenvalue weighted by Gasteiger charge is 2.29. The summed E-state index contributed by atoms with van der Waals surface area (Å²) in [7, 11) is 1.79. The third-order valence-electron chi connectivity index (χ3n) is 5.07. The lowest BCUT2D eigenvalue weighted by molar-refractivity contribution is 0.105. The van der Waals surface area contributed by atoms with Crippen LogP contribution >= 0.6 is 0 Å². The van der Waals surface area contributed by atoms with E-state index >= 15 is 0 Å². The van der Waals surface area contributed by atoms with E-state index < -0.39 is 0 Å². The number of amides is 1. The molecule has 1 fully saturated rings. The normalized spacial score (nSPS) is 18.7. The summed E-state index contributed by atoms with van der Waals surface area (Å²) < 4.78 is 5.65. The quantitative estimate of drug-likeness (QED) is 0.901. The zero-order valence-electron chi connectivity index (χ0n) is 14.4. The topological polar surface area (TPSA) is 53.6 Å². The molecule has 4 rings (SSSR count). The highest BCUT2D eigenvalue weighted by atomic mass is 16.6. The Morgan fingerprint density at radius 2 is 1.76 bits per heavy atom. The van der Waals surface area contributed by atoms with Crippen LogP contribution in [-0.4, -0.2) is 43.8 Å². The molecule has 130 valence electrons. The second kappa shape index (κ2) is 6.86. The molecule has 0 saturated carbocycles. The van der Waals surface area contributed by atoms with Crippen LogP contribution < -0.4 is 10.9 Å². The van der Waals surface area contributed by atoms with E-state index in [-0.39, 0.29) is 18.1 Å². The fraction of sp³-hybridized carbons (Fsp3) is 0.350. The van der Waals surface area contributed by atoms with Crippen LogP contribution in [0.1, 0.15) is 23.5 Å². The summed E-state index contributed by atoms with van der Waals surface area (Å²) in [6.45, 7) is 1.94. The highest BCUT2D eigenvalue weighted by molar-refractivity contribution is 5.79. The van der Waals surface area contributed by atoms with Crippen molar-refractivity contribution in [2.75, 3.05) is 26.7 Å². The Balaban J connectivity index is 1.45. The van der Waals surface area contributed by atoms with Gasteiger partial charge in [0, 0.05) is 32.1 Å². The minimum Gasteiger partial charge on any atom is -0.448 e. The van der Waals surface area contributed by atoms with Crippen molar-refractivity contribution < 1.29 is 9.53 Å². The van der Waals surface area contributed by atoms with E-state index in [1.807, 2.05) is 12.1 Å². The molecule has 5 nitrogen and oxygen atoms in total. The van der Waals surface area contributed by atoms with Gasteiger partial charge in [0.05, 0.1) is 0 Å². The van der Waals surface area contributed by atoms with Gasteiger partial charge in [0.1, 0.15) is 6.61 Å². The molecule has 2 N–H and O–H groups in total. The molecule has 2 aliphatic rings. The first-order valence-electron chi connectivity index (χ1n) is 8.78. The van der Waals surface area contributed by atoms with Crippen LogP contribution in [0.5, 0.6) is 0 Å². The standard InChI is InChI=1S/C20H23N3O2/c1-23(12-14-10-11-21-22-14)20(24)25-13-19-17-8-4-2-6-15(17)16-7-3-5-9-18(16)19/h2-9,14,19,21-22H,10-13H2,1H3. The third kappa shape index (κ3) is 3.13. The van der Waals surface area contributed by atoms with Crippen LogP contribution in [0.25, 0.3) is 11.1 Å². The molecule has 2 aromatic carbocycles. The molecule has 1 atom stereocenters. The number of nitrogens with one attached hydrogen (secondary N) is 2. The van der Waals surface area contributed by atoms with Gasteiger partial charge in [-0.1, -0.05) is 48.5 Å². The maximum absolute atomic E-state index is 12.4. The molecule has 2 aromatic rings. The van der Waals surface area contributed by atoms with Gasteiger partial charge in [-0.05, 0) is 28.7 Å². The summed E-state index contributed by atoms with van der Waals surface area (Å²) in [6, 6.07) is 17.0. The Bertz CT molecular complexity index is 726. The first-order chi connectivity index (χ1) is 12.2. The second-order valence-corrected chi connectivity index (χ2v) is 6.74. The minimum absolute atomic E-state index is 0.107. The van der Waals surface area contributed by atoms with Gasteiger partial charge < -0.3 is 9.64 Å². The van der Waals surface area contributed by atoms with Crippen molar-refractivity contribution in [2.24, 2.45) is 0 Å². The van der Waals surface area contributed by atoms with E-state index in [2.05, 4.69) is 47.2 Å². The molecule has 0 bridgehead atoms. The fourth-order valence-electron chi connectivity index (χ4n) is 3.78. The predicted molar refractivity (Wildman–Crippen MR) is 97.2 cm³/mol. The predicted octanol–water partition coefficient (Wildman–Crippen LogP) is 2.73. The van der Waals surface area contributed by atoms with Gasteiger partial charge in [-0.15, -0.1) is 0 Å². The van der Waals surface area contributed by atoms with Crippen LogP contribution in [0, 0.1) is 0 Å². The molecule has 0 aromatic heterocycles. The molecular formula is C20H23N3O2. The van der Waals surface area contributed by atoms with E-state index in [0.717, 1.165) is 13.0 Å². The lowest BCUT2D eigenvalue weighted by atomic mass is 9.98. The number of fused-ring (bicyclic) bond motifs is 3. The van der Waals surface area contributed by atoms with E-state index in [9.17, 15) is 4.79 Å². The molecule has 0 radical (unpaired) electrons. The Morgan fingerprint density at radius 1 is 1.12 bits per heavy atom. The number of ether oxygens (including phenoxy) is 1. The van der Waals surface area contributed by atoms with Crippen molar-refractivity contribution in [1.29, 1.82) is 0 Å². The number of hydrogen-bond donors (Lipinski definition) is 2. The highest BCUT2D eigenvalue weighted by Crippen LogP contribution is 2.44. The summed E-state index contributed by atoms with van der Waals surface area (Å²) >= 11 is 0. The molecule has 0 spiro atoms. The average molecular weight is 337 g/mol. The van der Waals surface area contributed by atoms with E-state index in [0.29, 0.717) is 13.2 Å². The van der Waals surface area contributed by atoms with E-state index in [1.165, 1.54) is 22.3 Å². The van der Waals surface area contributed by atoms with Gasteiger partial charge in [-0.2, -0.15) is 0 Å². The van der Waals surface area contributed by atoms with Gasteiger partial charge in [0.2, 0.25) is 0 Å². The Hall–Kier alpha value is -2.37. The van der Waals surface area contributed by atoms with Crippen LogP contribution in [0.4, 0.5) is 4.79 Å². The summed E-state index contributed by atoms with van der Waals surface area (Å²) in [5.41, 5.74) is 11.2. The zero-order valence-corrected chi connectivity index (χ0v) is 14.4. The number of hydrogen-bond acceptors (Lipinski definition) is 4. The van der Waals surface area contributed by atoms with Crippen molar-refractivity contribution in [1.82, 2.24) is 15.8 Å². The smallest absolute Gasteiger partial charge is 0.409 e. The van der Waals surface area contributed by atoms with Crippen molar-refractivity contribution in [3.8, 4) is 11.1 Å². The largest absolute Gasteiger partial charge is 0.448 e. The molecule has 1 heterocycles. The molecule has 1 amide bonds. The SMILES string of the molecule is CN(CC1CCNN1)C(=O)OCC1c2ccccc2-c2ccccc21. The summed E-state index contributed by atoms with van der Waals surface area (Å²) in [5, 5.41) is 0. The number of hydrazine groups is 1. The molecule has 1 unspecified atom stereocenters. The van der Waals surface area contributed by atoms with Crippen LogP contribution in [-0.2, 0) is 4.74 Å². The lowest BCUT2D eigenvalue weighted by Crippen LogP contribution is -2.41. The minimum atomic E-state index is -0.268. The van der Waals surface area contributed by atoms with Gasteiger partial charge >= 0.3 is 6.09 Å². The van der Waals surface area contributed by atoms with Gasteiger partial charge in [-0.25, -0.2) is 4.79 Å². The number of carbonyl (C=O) groups is 1. The Labute approximate surface area is 148 Å². The van der Waals surface area contributed by atoms with Crippen LogP contribution in [0.15, 0.2) is 48.5 Å². The van der Waals surface area contributed by atoms with E-state index in [4.69, 9.17) is 4.74 Å². The summed E-state index contributed by atoms with van der Waals surface area (Å²) in [6.07, 6.45) is 0.747. The molecule has 1 saturated heterocycles. The van der Waals surface area contributed by atoms with Gasteiger partial charge in [0.25, 0.3) is 0 Å². The first kappa shape index (κ1) is 16.1. The maximum atomic E-state index is 12.4. The molecule has 25 heavy (non-hydrogen) atoms. The van der Waals surface area contributed by atoms with Gasteiger partial charge in [0.15, 0.2) is 0 Å². The molecule has 5 heteroatoms. The Morgan fingerprint density at radius 3 is 2.36 bits per heavy atom. The number of benzene rings is 2. The third-order valence-corrected chi connectivity index (χ3v) is 5.07. The monoisotopic (exact) mass is 337 g/mol. The van der Waals surface area contributed by atoms with Crippen LogP contribution in [0.2, 0.25) is 0 Å². The first-order valence-corrected chi connectivity index (χ1v) is 8.78. The van der Waals surface area contributed by atoms with Crippen molar-refractivity contribution in [3.05, 3.63) is 59.7 Å². The number of likely N-dealkylation sites (N-methyl/N-ethyl adjacent to an activating group) is 1. The number of nitrogens with zero attached hydrogens (tertiary/aromatic N) is 1. The number of carbonyl (C=O) groups excluding carboxylic acids is 1. The fourth-order valence-corrected chi connectivity index (χ4v) is 3.78. The zero-order chi connectivity index (χ0) is 17.2. The second-order valence-electron chi connectivity index (χ2n) is 6.74. The summed E-state index contributed by atoms with van der Waals surface area (Å²) in [4.78, 5) is 14.0. The molecular weight excluding hydrogens is 314 g/mol. The van der Waals surface area contributed by atoms with Crippen molar-refractivity contribution in [2.45, 2.75) is 18.4 Å². The number of rotatable bonds is 4. The molecule has 1 aliphatic carbocycles. The van der Waals surface area contributed by atoms with Crippen LogP contribution in [0.3, 0.4) is 0 Å².